The molecule has 94 valence electrons. The van der Waals surface area contributed by atoms with Crippen LogP contribution in [0.1, 0.15) is 53.4 Å². The lowest BCUT2D eigenvalue weighted by molar-refractivity contribution is -0.123. The summed E-state index contributed by atoms with van der Waals surface area (Å²) in [5.74, 6) is 0.896. The summed E-state index contributed by atoms with van der Waals surface area (Å²) in [5.41, 5.74) is 0.00254. The van der Waals surface area contributed by atoms with Crippen molar-refractivity contribution >= 4 is 5.91 Å². The molecule has 3 nitrogen and oxygen atoms in total. The third-order valence-electron chi connectivity index (χ3n) is 3.19. The molecule has 1 aliphatic carbocycles. The lowest BCUT2D eigenvalue weighted by Crippen LogP contribution is -2.45. The molecule has 1 amide bonds. The van der Waals surface area contributed by atoms with Crippen LogP contribution < -0.4 is 10.6 Å². The van der Waals surface area contributed by atoms with Crippen LogP contribution in [0.25, 0.3) is 0 Å². The summed E-state index contributed by atoms with van der Waals surface area (Å²) in [5, 5.41) is 6.46. The van der Waals surface area contributed by atoms with Gasteiger partial charge in [0.25, 0.3) is 0 Å². The molecule has 1 aliphatic rings. The zero-order valence-electron chi connectivity index (χ0n) is 11.1. The fourth-order valence-corrected chi connectivity index (χ4v) is 1.97. The molecule has 0 aromatic heterocycles. The Balaban J connectivity index is 2.10. The van der Waals surface area contributed by atoms with E-state index in [1.54, 1.807) is 0 Å². The topological polar surface area (TPSA) is 41.1 Å². The van der Waals surface area contributed by atoms with Gasteiger partial charge in [-0.25, -0.2) is 0 Å². The Bertz CT molecular complexity index is 232. The molecule has 0 heterocycles. The summed E-state index contributed by atoms with van der Waals surface area (Å²) in [4.78, 5) is 11.7. The van der Waals surface area contributed by atoms with Crippen LogP contribution in [0.15, 0.2) is 0 Å². The average Bonchev–Trinajstić information content (AvgIpc) is 2.94. The molecule has 0 aliphatic heterocycles. The predicted octanol–water partition coefficient (Wildman–Crippen LogP) is 2.07. The predicted molar refractivity (Wildman–Crippen MR) is 67.3 cm³/mol. The lowest BCUT2D eigenvalue weighted by Gasteiger charge is -2.26. The van der Waals surface area contributed by atoms with E-state index < -0.39 is 0 Å². The minimum Gasteiger partial charge on any atom is -0.351 e. The van der Waals surface area contributed by atoms with Crippen molar-refractivity contribution in [1.82, 2.24) is 10.6 Å². The SMILES string of the molecule is CC(C)NCCCC(=O)NC(C)(C)C1CC1. The molecule has 0 unspecified atom stereocenters. The molecular weight excluding hydrogens is 200 g/mol. The van der Waals surface area contributed by atoms with Crippen LogP contribution in [0.3, 0.4) is 0 Å². The molecule has 0 bridgehead atoms. The summed E-state index contributed by atoms with van der Waals surface area (Å²) in [6.45, 7) is 9.44. The van der Waals surface area contributed by atoms with Gasteiger partial charge in [-0.1, -0.05) is 13.8 Å². The van der Waals surface area contributed by atoms with E-state index in [2.05, 4.69) is 38.3 Å². The van der Waals surface area contributed by atoms with Crippen LogP contribution in [0.5, 0.6) is 0 Å². The number of rotatable bonds is 7. The average molecular weight is 226 g/mol. The maximum Gasteiger partial charge on any atom is 0.220 e. The van der Waals surface area contributed by atoms with E-state index in [-0.39, 0.29) is 11.4 Å². The highest BCUT2D eigenvalue weighted by Crippen LogP contribution is 2.39. The van der Waals surface area contributed by atoms with Crippen molar-refractivity contribution in [1.29, 1.82) is 0 Å². The molecule has 1 saturated carbocycles. The van der Waals surface area contributed by atoms with Crippen LogP contribution >= 0.6 is 0 Å². The maximum atomic E-state index is 11.7. The van der Waals surface area contributed by atoms with Gasteiger partial charge in [0.15, 0.2) is 0 Å². The third kappa shape index (κ3) is 4.97. The van der Waals surface area contributed by atoms with E-state index in [4.69, 9.17) is 0 Å². The number of hydrogen-bond acceptors (Lipinski definition) is 2. The van der Waals surface area contributed by atoms with E-state index in [9.17, 15) is 4.79 Å². The van der Waals surface area contributed by atoms with Gasteiger partial charge in [-0.3, -0.25) is 4.79 Å². The molecule has 1 rings (SSSR count). The standard InChI is InChI=1S/C13H26N2O/c1-10(2)14-9-5-6-12(16)15-13(3,4)11-7-8-11/h10-11,14H,5-9H2,1-4H3,(H,15,16). The van der Waals surface area contributed by atoms with Crippen LogP contribution in [-0.4, -0.2) is 24.0 Å². The number of amides is 1. The fourth-order valence-electron chi connectivity index (χ4n) is 1.97. The second-order valence-corrected chi connectivity index (χ2v) is 5.76. The fraction of sp³-hybridized carbons (Fsp3) is 0.923. The summed E-state index contributed by atoms with van der Waals surface area (Å²) >= 11 is 0. The van der Waals surface area contributed by atoms with Gasteiger partial charge < -0.3 is 10.6 Å². The van der Waals surface area contributed by atoms with Crippen molar-refractivity contribution in [2.45, 2.75) is 65.0 Å². The molecule has 0 spiro atoms. The molecule has 0 radical (unpaired) electrons. The van der Waals surface area contributed by atoms with Crippen LogP contribution in [0.4, 0.5) is 0 Å². The van der Waals surface area contributed by atoms with Crippen molar-refractivity contribution in [2.24, 2.45) is 5.92 Å². The van der Waals surface area contributed by atoms with Gasteiger partial charge in [-0.2, -0.15) is 0 Å². The first kappa shape index (κ1) is 13.5. The Morgan fingerprint density at radius 3 is 2.50 bits per heavy atom. The number of hydrogen-bond donors (Lipinski definition) is 2. The molecule has 16 heavy (non-hydrogen) atoms. The van der Waals surface area contributed by atoms with Crippen LogP contribution in [0, 0.1) is 5.92 Å². The molecule has 0 atom stereocenters. The zero-order valence-corrected chi connectivity index (χ0v) is 11.1. The highest BCUT2D eigenvalue weighted by molar-refractivity contribution is 5.76. The van der Waals surface area contributed by atoms with Gasteiger partial charge in [-0.05, 0) is 45.6 Å². The quantitative estimate of drug-likeness (QED) is 0.653. The zero-order chi connectivity index (χ0) is 12.2. The van der Waals surface area contributed by atoms with Crippen molar-refractivity contribution in [3.63, 3.8) is 0 Å². The van der Waals surface area contributed by atoms with Gasteiger partial charge in [0.05, 0.1) is 0 Å². The molecule has 0 aromatic rings. The van der Waals surface area contributed by atoms with Gasteiger partial charge in [-0.15, -0.1) is 0 Å². The van der Waals surface area contributed by atoms with Crippen molar-refractivity contribution in [2.75, 3.05) is 6.54 Å². The molecular formula is C13H26N2O. The summed E-state index contributed by atoms with van der Waals surface area (Å²) < 4.78 is 0. The first-order valence-corrected chi connectivity index (χ1v) is 6.46. The normalized spacial score (nSPS) is 16.6. The lowest BCUT2D eigenvalue weighted by atomic mass is 9.98. The van der Waals surface area contributed by atoms with E-state index in [1.165, 1.54) is 12.8 Å². The van der Waals surface area contributed by atoms with Crippen molar-refractivity contribution in [3.8, 4) is 0 Å². The maximum absolute atomic E-state index is 11.7. The van der Waals surface area contributed by atoms with Crippen LogP contribution in [0.2, 0.25) is 0 Å². The first-order valence-electron chi connectivity index (χ1n) is 6.46. The van der Waals surface area contributed by atoms with Gasteiger partial charge >= 0.3 is 0 Å². The van der Waals surface area contributed by atoms with E-state index in [0.717, 1.165) is 13.0 Å². The Hall–Kier alpha value is -0.570. The molecule has 2 N–H and O–H groups in total. The largest absolute Gasteiger partial charge is 0.351 e. The van der Waals surface area contributed by atoms with Gasteiger partial charge in [0.1, 0.15) is 0 Å². The Kier molecular flexibility index (Phi) is 4.78. The summed E-state index contributed by atoms with van der Waals surface area (Å²) in [6.07, 6.45) is 4.09. The minimum absolute atomic E-state index is 0.00254. The summed E-state index contributed by atoms with van der Waals surface area (Å²) in [7, 11) is 0. The summed E-state index contributed by atoms with van der Waals surface area (Å²) in [6, 6.07) is 0.506. The highest BCUT2D eigenvalue weighted by atomic mass is 16.1. The Labute approximate surface area is 99.4 Å². The second kappa shape index (κ2) is 5.67. The molecule has 1 fully saturated rings. The van der Waals surface area contributed by atoms with E-state index in [0.29, 0.717) is 18.4 Å². The third-order valence-corrected chi connectivity index (χ3v) is 3.19. The van der Waals surface area contributed by atoms with Gasteiger partial charge in [0, 0.05) is 18.0 Å². The van der Waals surface area contributed by atoms with Crippen LogP contribution in [-0.2, 0) is 4.79 Å². The highest BCUT2D eigenvalue weighted by Gasteiger charge is 2.38. The number of carbonyl (C=O) groups excluding carboxylic acids is 1. The molecule has 3 heteroatoms. The second-order valence-electron chi connectivity index (χ2n) is 5.76. The minimum atomic E-state index is 0.00254. The van der Waals surface area contributed by atoms with Crippen molar-refractivity contribution < 1.29 is 4.79 Å². The van der Waals surface area contributed by atoms with E-state index in [1.807, 2.05) is 0 Å². The monoisotopic (exact) mass is 226 g/mol. The Morgan fingerprint density at radius 1 is 1.38 bits per heavy atom. The van der Waals surface area contributed by atoms with Gasteiger partial charge in [0.2, 0.25) is 5.91 Å². The van der Waals surface area contributed by atoms with Crippen molar-refractivity contribution in [3.05, 3.63) is 0 Å². The molecule has 0 saturated heterocycles. The molecule has 0 aromatic carbocycles. The number of nitrogens with one attached hydrogen (secondary N) is 2. The van der Waals surface area contributed by atoms with E-state index >= 15 is 0 Å². The smallest absolute Gasteiger partial charge is 0.220 e. The first-order chi connectivity index (χ1) is 7.42. The number of carbonyl (C=O) groups is 1. The Morgan fingerprint density at radius 2 is 2.00 bits per heavy atom.